The normalized spacial score (nSPS) is 29.8. The Balaban J connectivity index is 2.82. The number of nitro groups is 1. The highest BCUT2D eigenvalue weighted by Crippen LogP contribution is 2.29. The van der Waals surface area contributed by atoms with Crippen molar-refractivity contribution >= 4 is 27.5 Å². The first-order chi connectivity index (χ1) is 5.04. The average molecular weight is 238 g/mol. The van der Waals surface area contributed by atoms with E-state index in [2.05, 4.69) is 15.9 Å². The van der Waals surface area contributed by atoms with Crippen LogP contribution < -0.4 is 0 Å². The molecule has 0 saturated heterocycles. The first kappa shape index (κ1) is 8.74. The zero-order chi connectivity index (χ0) is 8.48. The van der Waals surface area contributed by atoms with Crippen LogP contribution >= 0.6 is 27.5 Å². The third kappa shape index (κ3) is 1.81. The molecule has 3 nitrogen and oxygen atoms in total. The zero-order valence-corrected chi connectivity index (χ0v) is 7.80. The molecule has 0 aromatic carbocycles. The standard InChI is InChI=1S/C6H5BrClNO2/c7-5-1-3-6(8,4-2-5)9(10)11/h1-3H,4H2. The van der Waals surface area contributed by atoms with Crippen molar-refractivity contribution in [3.05, 3.63) is 32.8 Å². The summed E-state index contributed by atoms with van der Waals surface area (Å²) in [4.78, 5) is 8.43. The van der Waals surface area contributed by atoms with E-state index in [0.717, 1.165) is 4.48 Å². The Kier molecular flexibility index (Phi) is 2.34. The van der Waals surface area contributed by atoms with Crippen LogP contribution in [0.5, 0.6) is 0 Å². The fraction of sp³-hybridized carbons (Fsp3) is 0.333. The highest BCUT2D eigenvalue weighted by atomic mass is 79.9. The predicted octanol–water partition coefficient (Wildman–Crippen LogP) is 2.44. The summed E-state index contributed by atoms with van der Waals surface area (Å²) in [5, 5.41) is 10.4. The molecule has 1 aliphatic carbocycles. The molecule has 0 aromatic rings. The Morgan fingerprint density at radius 2 is 2.45 bits per heavy atom. The molecule has 1 atom stereocenters. The fourth-order valence-electron chi connectivity index (χ4n) is 0.719. The molecule has 0 aliphatic heterocycles. The Morgan fingerprint density at radius 1 is 1.82 bits per heavy atom. The van der Waals surface area contributed by atoms with Gasteiger partial charge in [-0.05, 0) is 17.7 Å². The molecule has 0 heterocycles. The lowest BCUT2D eigenvalue weighted by atomic mass is 10.1. The lowest BCUT2D eigenvalue weighted by Gasteiger charge is -2.14. The van der Waals surface area contributed by atoms with Crippen molar-refractivity contribution in [2.24, 2.45) is 0 Å². The van der Waals surface area contributed by atoms with Gasteiger partial charge in [-0.15, -0.1) is 0 Å². The summed E-state index contributed by atoms with van der Waals surface area (Å²) in [6.07, 6.45) is 4.85. The van der Waals surface area contributed by atoms with Gasteiger partial charge >= 0.3 is 5.00 Å². The van der Waals surface area contributed by atoms with E-state index in [-0.39, 0.29) is 6.42 Å². The Hall–Kier alpha value is -0.350. The molecule has 11 heavy (non-hydrogen) atoms. The van der Waals surface area contributed by atoms with Gasteiger partial charge in [0.15, 0.2) is 0 Å². The molecule has 0 radical (unpaired) electrons. The van der Waals surface area contributed by atoms with Crippen LogP contribution in [0.3, 0.4) is 0 Å². The van der Waals surface area contributed by atoms with E-state index in [1.165, 1.54) is 6.08 Å². The van der Waals surface area contributed by atoms with E-state index >= 15 is 0 Å². The van der Waals surface area contributed by atoms with Crippen LogP contribution in [-0.2, 0) is 0 Å². The maximum Gasteiger partial charge on any atom is 0.317 e. The van der Waals surface area contributed by atoms with Gasteiger partial charge in [0.05, 0.1) is 6.42 Å². The Bertz CT molecular complexity index is 251. The summed E-state index contributed by atoms with van der Waals surface area (Å²) in [6.45, 7) is 0. The minimum atomic E-state index is -1.43. The topological polar surface area (TPSA) is 43.1 Å². The number of allylic oxidation sites excluding steroid dienone is 2. The molecular weight excluding hydrogens is 233 g/mol. The number of hydrogen-bond acceptors (Lipinski definition) is 2. The highest BCUT2D eigenvalue weighted by molar-refractivity contribution is 9.11. The Morgan fingerprint density at radius 3 is 2.82 bits per heavy atom. The smallest absolute Gasteiger partial charge is 0.262 e. The van der Waals surface area contributed by atoms with E-state index in [1.807, 2.05) is 0 Å². The van der Waals surface area contributed by atoms with Gasteiger partial charge in [0.25, 0.3) is 0 Å². The second-order valence-corrected chi connectivity index (χ2v) is 3.77. The summed E-state index contributed by atoms with van der Waals surface area (Å²) in [5.74, 6) is 0. The molecule has 1 rings (SSSR count). The van der Waals surface area contributed by atoms with Gasteiger partial charge in [0.2, 0.25) is 0 Å². The molecule has 0 amide bonds. The zero-order valence-electron chi connectivity index (χ0n) is 5.46. The van der Waals surface area contributed by atoms with Crippen molar-refractivity contribution in [3.8, 4) is 0 Å². The third-order valence-corrected chi connectivity index (χ3v) is 2.39. The molecule has 60 valence electrons. The molecule has 0 spiro atoms. The first-order valence-electron chi connectivity index (χ1n) is 2.93. The third-order valence-electron chi connectivity index (χ3n) is 1.38. The van der Waals surface area contributed by atoms with E-state index in [9.17, 15) is 10.1 Å². The number of nitrogens with zero attached hydrogens (tertiary/aromatic N) is 1. The van der Waals surface area contributed by atoms with Crippen LogP contribution in [-0.4, -0.2) is 9.92 Å². The van der Waals surface area contributed by atoms with E-state index in [1.54, 1.807) is 12.2 Å². The molecule has 1 aliphatic rings. The molecule has 1 unspecified atom stereocenters. The predicted molar refractivity (Wildman–Crippen MR) is 46.3 cm³/mol. The minimum Gasteiger partial charge on any atom is -0.262 e. The van der Waals surface area contributed by atoms with E-state index in [0.29, 0.717) is 0 Å². The van der Waals surface area contributed by atoms with Gasteiger partial charge < -0.3 is 0 Å². The quantitative estimate of drug-likeness (QED) is 0.305. The van der Waals surface area contributed by atoms with Crippen molar-refractivity contribution in [3.63, 3.8) is 0 Å². The highest BCUT2D eigenvalue weighted by Gasteiger charge is 2.37. The molecule has 0 fully saturated rings. The van der Waals surface area contributed by atoms with E-state index in [4.69, 9.17) is 11.6 Å². The molecule has 0 bridgehead atoms. The van der Waals surface area contributed by atoms with Crippen molar-refractivity contribution < 1.29 is 4.92 Å². The molecular formula is C6H5BrClNO2. The SMILES string of the molecule is O=[N+]([O-])C1(Cl)C=CC(Br)=CC1. The first-order valence-corrected chi connectivity index (χ1v) is 4.10. The van der Waals surface area contributed by atoms with Crippen LogP contribution in [0, 0.1) is 10.1 Å². The number of halogens is 2. The maximum absolute atomic E-state index is 10.4. The lowest BCUT2D eigenvalue weighted by Crippen LogP contribution is -2.29. The van der Waals surface area contributed by atoms with Crippen molar-refractivity contribution in [1.82, 2.24) is 0 Å². The van der Waals surface area contributed by atoms with Gasteiger partial charge in [-0.3, -0.25) is 10.1 Å². The van der Waals surface area contributed by atoms with Gasteiger partial charge in [-0.25, -0.2) is 0 Å². The molecule has 5 heteroatoms. The fourth-order valence-corrected chi connectivity index (χ4v) is 1.15. The van der Waals surface area contributed by atoms with Crippen LogP contribution in [0.15, 0.2) is 22.7 Å². The van der Waals surface area contributed by atoms with Gasteiger partial charge in [-0.2, -0.15) is 0 Å². The van der Waals surface area contributed by atoms with Crippen molar-refractivity contribution in [2.45, 2.75) is 11.4 Å². The maximum atomic E-state index is 10.4. The van der Waals surface area contributed by atoms with Gasteiger partial charge in [-0.1, -0.05) is 22.0 Å². The summed E-state index contributed by atoms with van der Waals surface area (Å²) in [5.41, 5.74) is 0. The summed E-state index contributed by atoms with van der Waals surface area (Å²) in [6, 6.07) is 0. The average Bonchev–Trinajstić information content (AvgIpc) is 1.95. The monoisotopic (exact) mass is 237 g/mol. The number of hydrogen-bond donors (Lipinski definition) is 0. The van der Waals surface area contributed by atoms with E-state index < -0.39 is 9.92 Å². The Labute approximate surface area is 77.0 Å². The minimum absolute atomic E-state index is 0.221. The second-order valence-electron chi connectivity index (χ2n) is 2.20. The van der Waals surface area contributed by atoms with Gasteiger partial charge in [0, 0.05) is 15.5 Å². The van der Waals surface area contributed by atoms with Crippen LogP contribution in [0.4, 0.5) is 0 Å². The van der Waals surface area contributed by atoms with Crippen LogP contribution in [0.1, 0.15) is 6.42 Å². The van der Waals surface area contributed by atoms with Crippen LogP contribution in [0.25, 0.3) is 0 Å². The molecule has 0 N–H and O–H groups in total. The lowest BCUT2D eigenvalue weighted by molar-refractivity contribution is -0.527. The largest absolute Gasteiger partial charge is 0.317 e. The second kappa shape index (κ2) is 2.95. The molecule has 0 saturated carbocycles. The summed E-state index contributed by atoms with van der Waals surface area (Å²) < 4.78 is 0.829. The van der Waals surface area contributed by atoms with Gasteiger partial charge in [0.1, 0.15) is 0 Å². The van der Waals surface area contributed by atoms with Crippen molar-refractivity contribution in [2.75, 3.05) is 0 Å². The summed E-state index contributed by atoms with van der Waals surface area (Å²) in [7, 11) is 0. The number of rotatable bonds is 1. The number of alkyl halides is 1. The van der Waals surface area contributed by atoms with Crippen molar-refractivity contribution in [1.29, 1.82) is 0 Å². The van der Waals surface area contributed by atoms with Crippen LogP contribution in [0.2, 0.25) is 0 Å². The summed E-state index contributed by atoms with van der Waals surface area (Å²) >= 11 is 8.81. The molecule has 0 aromatic heterocycles.